The molecule has 0 aliphatic heterocycles. The predicted octanol–water partition coefficient (Wildman–Crippen LogP) is 3.92. The molecule has 0 unspecified atom stereocenters. The van der Waals surface area contributed by atoms with E-state index in [1.807, 2.05) is 0 Å². The summed E-state index contributed by atoms with van der Waals surface area (Å²) >= 11 is 18.1. The summed E-state index contributed by atoms with van der Waals surface area (Å²) in [7, 11) is 0. The van der Waals surface area contributed by atoms with Crippen molar-refractivity contribution >= 4 is 51.4 Å². The van der Waals surface area contributed by atoms with E-state index in [1.165, 1.54) is 0 Å². The molecule has 0 bridgehead atoms. The third kappa shape index (κ3) is 2.66. The second kappa shape index (κ2) is 5.53. The van der Waals surface area contributed by atoms with Crippen LogP contribution in [0.2, 0.25) is 15.2 Å². The van der Waals surface area contributed by atoms with Crippen molar-refractivity contribution in [1.82, 2.24) is 10.2 Å². The van der Waals surface area contributed by atoms with Crippen LogP contribution in [0.3, 0.4) is 0 Å². The first-order valence-electron chi connectivity index (χ1n) is 6.30. The number of anilines is 1. The number of nitrogens with zero attached hydrogens (tertiary/aromatic N) is 2. The van der Waals surface area contributed by atoms with Crippen LogP contribution < -0.4 is 5.32 Å². The van der Waals surface area contributed by atoms with Crippen LogP contribution in [0.4, 0.5) is 5.82 Å². The molecule has 3 rings (SSSR count). The Bertz CT molecular complexity index is 665. The van der Waals surface area contributed by atoms with Gasteiger partial charge in [0.2, 0.25) is 0 Å². The average Bonchev–Trinajstić information content (AvgIpc) is 2.81. The highest BCUT2D eigenvalue weighted by molar-refractivity contribution is 6.43. The molecule has 7 heteroatoms. The first-order chi connectivity index (χ1) is 9.54. The van der Waals surface area contributed by atoms with E-state index in [0.717, 1.165) is 18.2 Å². The lowest BCUT2D eigenvalue weighted by Gasteiger charge is -2.15. The molecule has 1 aliphatic rings. The molecule has 1 heterocycles. The van der Waals surface area contributed by atoms with Crippen LogP contribution in [0.15, 0.2) is 12.1 Å². The Labute approximate surface area is 131 Å². The average molecular weight is 333 g/mol. The van der Waals surface area contributed by atoms with E-state index in [1.54, 1.807) is 12.1 Å². The number of hydrogen-bond donors (Lipinski definition) is 2. The van der Waals surface area contributed by atoms with Gasteiger partial charge in [0.1, 0.15) is 0 Å². The summed E-state index contributed by atoms with van der Waals surface area (Å²) in [6.07, 6.45) is 2.14. The summed E-state index contributed by atoms with van der Waals surface area (Å²) in [5.74, 6) is 0.613. The quantitative estimate of drug-likeness (QED) is 0.875. The number of fused-ring (bicyclic) bond motifs is 1. The molecule has 2 atom stereocenters. The first kappa shape index (κ1) is 14.1. The standard InChI is InChI=1S/C13H12Cl3N3O/c14-10-4-8-9(5-11(10)15)13(19-18-12(8)16)17-6-1-2-7(20)3-6/h4-7,20H,1-3H2,(H,17,19)/t6-,7+/m0/s1. The van der Waals surface area contributed by atoms with Crippen molar-refractivity contribution in [2.75, 3.05) is 5.32 Å². The largest absolute Gasteiger partial charge is 0.393 e. The maximum Gasteiger partial charge on any atom is 0.159 e. The van der Waals surface area contributed by atoms with Crippen LogP contribution >= 0.6 is 34.8 Å². The zero-order valence-electron chi connectivity index (χ0n) is 10.4. The zero-order chi connectivity index (χ0) is 14.3. The number of nitrogens with one attached hydrogen (secondary N) is 1. The van der Waals surface area contributed by atoms with Gasteiger partial charge >= 0.3 is 0 Å². The lowest BCUT2D eigenvalue weighted by Crippen LogP contribution is -2.18. The molecule has 0 spiro atoms. The summed E-state index contributed by atoms with van der Waals surface area (Å²) < 4.78 is 0. The molecule has 20 heavy (non-hydrogen) atoms. The van der Waals surface area contributed by atoms with Crippen LogP contribution in [0.25, 0.3) is 10.8 Å². The van der Waals surface area contributed by atoms with Crippen LogP contribution in [-0.4, -0.2) is 27.4 Å². The Kier molecular flexibility index (Phi) is 3.91. The van der Waals surface area contributed by atoms with Crippen molar-refractivity contribution in [2.24, 2.45) is 0 Å². The number of hydrogen-bond acceptors (Lipinski definition) is 4. The third-order valence-electron chi connectivity index (χ3n) is 3.52. The fraction of sp³-hybridized carbons (Fsp3) is 0.385. The smallest absolute Gasteiger partial charge is 0.159 e. The third-order valence-corrected chi connectivity index (χ3v) is 4.52. The van der Waals surface area contributed by atoms with Gasteiger partial charge in [0, 0.05) is 16.8 Å². The Morgan fingerprint density at radius 1 is 1.05 bits per heavy atom. The molecule has 1 aromatic carbocycles. The lowest BCUT2D eigenvalue weighted by molar-refractivity contribution is 0.182. The van der Waals surface area contributed by atoms with Crippen molar-refractivity contribution in [3.63, 3.8) is 0 Å². The fourth-order valence-electron chi connectivity index (χ4n) is 2.50. The van der Waals surface area contributed by atoms with Crippen molar-refractivity contribution in [1.29, 1.82) is 0 Å². The molecule has 4 nitrogen and oxygen atoms in total. The maximum atomic E-state index is 9.58. The van der Waals surface area contributed by atoms with Crippen molar-refractivity contribution < 1.29 is 5.11 Å². The molecule has 1 aliphatic carbocycles. The van der Waals surface area contributed by atoms with Crippen molar-refractivity contribution in [3.8, 4) is 0 Å². The van der Waals surface area contributed by atoms with Crippen LogP contribution in [0.5, 0.6) is 0 Å². The zero-order valence-corrected chi connectivity index (χ0v) is 12.7. The molecule has 2 N–H and O–H groups in total. The number of halogens is 3. The van der Waals surface area contributed by atoms with E-state index >= 15 is 0 Å². The fourth-order valence-corrected chi connectivity index (χ4v) is 3.03. The van der Waals surface area contributed by atoms with Gasteiger partial charge in [-0.2, -0.15) is 0 Å². The highest BCUT2D eigenvalue weighted by Gasteiger charge is 2.24. The van der Waals surface area contributed by atoms with Crippen LogP contribution in [-0.2, 0) is 0 Å². The van der Waals surface area contributed by atoms with E-state index < -0.39 is 0 Å². The Morgan fingerprint density at radius 3 is 2.40 bits per heavy atom. The molecule has 0 saturated heterocycles. The number of aliphatic hydroxyl groups is 1. The van der Waals surface area contributed by atoms with Crippen molar-refractivity contribution in [3.05, 3.63) is 27.3 Å². The van der Waals surface area contributed by atoms with Gasteiger partial charge in [-0.1, -0.05) is 34.8 Å². The molecule has 1 aromatic heterocycles. The predicted molar refractivity (Wildman–Crippen MR) is 81.8 cm³/mol. The van der Waals surface area contributed by atoms with Gasteiger partial charge in [-0.15, -0.1) is 10.2 Å². The van der Waals surface area contributed by atoms with Gasteiger partial charge in [-0.3, -0.25) is 0 Å². The highest BCUT2D eigenvalue weighted by atomic mass is 35.5. The number of aromatic nitrogens is 2. The summed E-state index contributed by atoms with van der Waals surface area (Å²) in [4.78, 5) is 0. The molecule has 2 aromatic rings. The molecular formula is C13H12Cl3N3O. The van der Waals surface area contributed by atoms with Gasteiger partial charge in [0.05, 0.1) is 16.1 Å². The van der Waals surface area contributed by atoms with Crippen molar-refractivity contribution in [2.45, 2.75) is 31.4 Å². The molecule has 106 valence electrons. The monoisotopic (exact) mass is 331 g/mol. The van der Waals surface area contributed by atoms with Gasteiger partial charge < -0.3 is 10.4 Å². The minimum atomic E-state index is -0.253. The summed E-state index contributed by atoms with van der Waals surface area (Å²) in [5.41, 5.74) is 0. The normalized spacial score (nSPS) is 22.4. The SMILES string of the molecule is O[C@@H]1CC[C@H](Nc2nnc(Cl)c3cc(Cl)c(Cl)cc23)C1. The number of rotatable bonds is 2. The Balaban J connectivity index is 2.02. The van der Waals surface area contributed by atoms with Gasteiger partial charge in [-0.05, 0) is 31.4 Å². The van der Waals surface area contributed by atoms with Gasteiger partial charge in [-0.25, -0.2) is 0 Å². The van der Waals surface area contributed by atoms with E-state index in [2.05, 4.69) is 15.5 Å². The number of benzene rings is 1. The van der Waals surface area contributed by atoms with Gasteiger partial charge in [0.15, 0.2) is 11.0 Å². The van der Waals surface area contributed by atoms with E-state index in [-0.39, 0.29) is 17.3 Å². The topological polar surface area (TPSA) is 58.0 Å². The minimum Gasteiger partial charge on any atom is -0.393 e. The second-order valence-corrected chi connectivity index (χ2v) is 6.13. The Morgan fingerprint density at radius 2 is 1.75 bits per heavy atom. The minimum absolute atomic E-state index is 0.179. The molecule has 1 fully saturated rings. The van der Waals surface area contributed by atoms with Crippen LogP contribution in [0, 0.1) is 0 Å². The summed E-state index contributed by atoms with van der Waals surface area (Å²) in [6.45, 7) is 0. The highest BCUT2D eigenvalue weighted by Crippen LogP contribution is 2.34. The lowest BCUT2D eigenvalue weighted by atomic mass is 10.1. The van der Waals surface area contributed by atoms with Crippen LogP contribution in [0.1, 0.15) is 19.3 Å². The number of aliphatic hydroxyl groups excluding tert-OH is 1. The summed E-state index contributed by atoms with van der Waals surface area (Å²) in [5, 5.41) is 23.5. The second-order valence-electron chi connectivity index (χ2n) is 4.96. The first-order valence-corrected chi connectivity index (χ1v) is 7.43. The molecule has 0 radical (unpaired) electrons. The maximum absolute atomic E-state index is 9.58. The van der Waals surface area contributed by atoms with E-state index in [4.69, 9.17) is 34.8 Å². The van der Waals surface area contributed by atoms with E-state index in [0.29, 0.717) is 27.7 Å². The van der Waals surface area contributed by atoms with Gasteiger partial charge in [0.25, 0.3) is 0 Å². The summed E-state index contributed by atoms with van der Waals surface area (Å²) in [6, 6.07) is 3.59. The molecular weight excluding hydrogens is 321 g/mol. The van der Waals surface area contributed by atoms with E-state index in [9.17, 15) is 5.11 Å². The molecule has 0 amide bonds. The Hall–Kier alpha value is -0.810. The molecule has 1 saturated carbocycles.